The molecular formula is C22H24N2O4. The normalized spacial score (nSPS) is 20.1. The molecule has 1 unspecified atom stereocenters. The van der Waals surface area contributed by atoms with E-state index in [9.17, 15) is 4.79 Å². The Morgan fingerprint density at radius 3 is 2.96 bits per heavy atom. The summed E-state index contributed by atoms with van der Waals surface area (Å²) in [6.45, 7) is 4.02. The van der Waals surface area contributed by atoms with Gasteiger partial charge in [-0.05, 0) is 38.0 Å². The van der Waals surface area contributed by atoms with Crippen LogP contribution in [0.1, 0.15) is 37.1 Å². The fraction of sp³-hybridized carbons (Fsp3) is 0.455. The van der Waals surface area contributed by atoms with Crippen LogP contribution in [0.5, 0.6) is 5.75 Å². The molecule has 146 valence electrons. The molecule has 3 heterocycles. The third-order valence-corrected chi connectivity index (χ3v) is 4.86. The summed E-state index contributed by atoms with van der Waals surface area (Å²) in [5.74, 6) is 7.54. The molecule has 6 heteroatoms. The largest absolute Gasteiger partial charge is 0.491 e. The average molecular weight is 380 g/mol. The lowest BCUT2D eigenvalue weighted by molar-refractivity contribution is -0.101. The maximum absolute atomic E-state index is 12.6. The van der Waals surface area contributed by atoms with Gasteiger partial charge in [0, 0.05) is 29.9 Å². The van der Waals surface area contributed by atoms with E-state index >= 15 is 0 Å². The van der Waals surface area contributed by atoms with Gasteiger partial charge < -0.3 is 18.8 Å². The first-order valence-corrected chi connectivity index (χ1v) is 9.71. The van der Waals surface area contributed by atoms with Crippen LogP contribution >= 0.6 is 0 Å². The highest BCUT2D eigenvalue weighted by atomic mass is 16.6. The van der Waals surface area contributed by atoms with Gasteiger partial charge in [0.1, 0.15) is 18.5 Å². The molecule has 2 aromatic heterocycles. The van der Waals surface area contributed by atoms with E-state index in [-0.39, 0.29) is 17.7 Å². The van der Waals surface area contributed by atoms with Crippen molar-refractivity contribution in [2.24, 2.45) is 5.92 Å². The molecule has 6 nitrogen and oxygen atoms in total. The number of nitrogens with zero attached hydrogens (tertiary/aromatic N) is 2. The Balaban J connectivity index is 1.44. The molecule has 1 aliphatic carbocycles. The molecule has 0 bridgehead atoms. The van der Waals surface area contributed by atoms with Gasteiger partial charge in [-0.1, -0.05) is 11.8 Å². The van der Waals surface area contributed by atoms with Gasteiger partial charge in [-0.2, -0.15) is 0 Å². The van der Waals surface area contributed by atoms with Crippen molar-refractivity contribution in [1.82, 2.24) is 9.55 Å². The second-order valence-corrected chi connectivity index (χ2v) is 7.18. The van der Waals surface area contributed by atoms with Gasteiger partial charge in [-0.3, -0.25) is 9.78 Å². The average Bonchev–Trinajstić information content (AvgIpc) is 3.56. The van der Waals surface area contributed by atoms with Crippen molar-refractivity contribution < 1.29 is 14.2 Å². The van der Waals surface area contributed by atoms with E-state index in [0.29, 0.717) is 38.1 Å². The number of rotatable bonds is 5. The zero-order valence-corrected chi connectivity index (χ0v) is 16.0. The van der Waals surface area contributed by atoms with Crippen LogP contribution in [-0.4, -0.2) is 42.1 Å². The third-order valence-electron chi connectivity index (χ3n) is 4.86. The van der Waals surface area contributed by atoms with Crippen LogP contribution in [0, 0.1) is 17.8 Å². The summed E-state index contributed by atoms with van der Waals surface area (Å²) >= 11 is 0. The van der Waals surface area contributed by atoms with E-state index in [4.69, 9.17) is 14.2 Å². The zero-order chi connectivity index (χ0) is 19.3. The number of pyridine rings is 2. The molecule has 0 N–H and O–H groups in total. The van der Waals surface area contributed by atoms with Gasteiger partial charge in [0.05, 0.1) is 31.6 Å². The summed E-state index contributed by atoms with van der Waals surface area (Å²) in [5.41, 5.74) is 1.61. The van der Waals surface area contributed by atoms with E-state index in [2.05, 4.69) is 16.8 Å². The van der Waals surface area contributed by atoms with Gasteiger partial charge in [0.2, 0.25) is 0 Å². The Hall–Kier alpha value is -2.62. The Kier molecular flexibility index (Phi) is 5.75. The minimum absolute atomic E-state index is 0.0983. The predicted molar refractivity (Wildman–Crippen MR) is 104 cm³/mol. The van der Waals surface area contributed by atoms with Crippen LogP contribution in [-0.2, 0) is 9.47 Å². The molecule has 1 saturated carbocycles. The number of ether oxygens (including phenoxy) is 3. The van der Waals surface area contributed by atoms with E-state index in [1.807, 2.05) is 19.1 Å². The van der Waals surface area contributed by atoms with E-state index < -0.39 is 0 Å². The van der Waals surface area contributed by atoms with Crippen molar-refractivity contribution in [3.8, 4) is 17.6 Å². The second kappa shape index (κ2) is 8.59. The highest BCUT2D eigenvalue weighted by Crippen LogP contribution is 2.27. The van der Waals surface area contributed by atoms with E-state index in [1.54, 1.807) is 23.0 Å². The maximum Gasteiger partial charge on any atom is 0.254 e. The van der Waals surface area contributed by atoms with Crippen LogP contribution in [0.15, 0.2) is 41.5 Å². The first-order valence-electron chi connectivity index (χ1n) is 9.71. The van der Waals surface area contributed by atoms with Gasteiger partial charge in [-0.25, -0.2) is 0 Å². The molecule has 1 aliphatic heterocycles. The first-order chi connectivity index (χ1) is 13.7. The molecule has 1 saturated heterocycles. The minimum atomic E-state index is -0.195. The second-order valence-electron chi connectivity index (χ2n) is 7.18. The topological polar surface area (TPSA) is 62.6 Å². The van der Waals surface area contributed by atoms with Gasteiger partial charge in [0.15, 0.2) is 0 Å². The smallest absolute Gasteiger partial charge is 0.254 e. The van der Waals surface area contributed by atoms with Gasteiger partial charge in [-0.15, -0.1) is 0 Å². The fourth-order valence-electron chi connectivity index (χ4n) is 3.01. The number of hydrogen-bond acceptors (Lipinski definition) is 5. The molecule has 0 radical (unpaired) electrons. The quantitative estimate of drug-likeness (QED) is 0.746. The molecule has 0 amide bonds. The van der Waals surface area contributed by atoms with Crippen molar-refractivity contribution in [3.63, 3.8) is 0 Å². The number of aromatic nitrogens is 2. The van der Waals surface area contributed by atoms with Gasteiger partial charge >= 0.3 is 0 Å². The lowest BCUT2D eigenvalue weighted by atomic mass is 10.1. The third kappa shape index (κ3) is 4.80. The van der Waals surface area contributed by atoms with Crippen LogP contribution < -0.4 is 10.3 Å². The maximum atomic E-state index is 12.6. The molecule has 2 atom stereocenters. The van der Waals surface area contributed by atoms with Gasteiger partial charge in [0.25, 0.3) is 5.56 Å². The SMILES string of the molecule is CC(c1cc(C#CC2CC2)ccn1)n1ccc(OC[C@@H]2COCCO2)cc1=O. The summed E-state index contributed by atoms with van der Waals surface area (Å²) in [4.78, 5) is 17.0. The Morgan fingerprint density at radius 2 is 2.21 bits per heavy atom. The molecule has 2 aliphatic rings. The van der Waals surface area contributed by atoms with Crippen LogP contribution in [0.2, 0.25) is 0 Å². The van der Waals surface area contributed by atoms with Crippen molar-refractivity contribution in [1.29, 1.82) is 0 Å². The molecule has 4 rings (SSSR count). The predicted octanol–water partition coefficient (Wildman–Crippen LogP) is 2.41. The zero-order valence-electron chi connectivity index (χ0n) is 16.0. The van der Waals surface area contributed by atoms with E-state index in [0.717, 1.165) is 11.3 Å². The van der Waals surface area contributed by atoms with Crippen molar-refractivity contribution in [3.05, 3.63) is 58.3 Å². The minimum Gasteiger partial charge on any atom is -0.491 e. The summed E-state index contributed by atoms with van der Waals surface area (Å²) in [5, 5.41) is 0. The standard InChI is InChI=1S/C22H24N2O4/c1-16(21-12-18(6-8-23-21)5-4-17-2-3-17)24-9-7-19(13-22(24)25)28-15-20-14-26-10-11-27-20/h6-9,12-13,16-17,20H,2-3,10-11,14-15H2,1H3/t16?,20-/m0/s1. The van der Waals surface area contributed by atoms with Crippen molar-refractivity contribution in [2.75, 3.05) is 26.4 Å². The molecule has 2 aromatic rings. The molecule has 0 spiro atoms. The summed E-state index contributed by atoms with van der Waals surface area (Å²) in [7, 11) is 0. The lowest BCUT2D eigenvalue weighted by Gasteiger charge is -2.23. The van der Waals surface area contributed by atoms with Crippen molar-refractivity contribution >= 4 is 0 Å². The summed E-state index contributed by atoms with van der Waals surface area (Å²) < 4.78 is 18.2. The highest BCUT2D eigenvalue weighted by molar-refractivity contribution is 5.36. The monoisotopic (exact) mass is 380 g/mol. The van der Waals surface area contributed by atoms with Crippen LogP contribution in [0.25, 0.3) is 0 Å². The van der Waals surface area contributed by atoms with E-state index in [1.165, 1.54) is 18.9 Å². The van der Waals surface area contributed by atoms with Crippen molar-refractivity contribution in [2.45, 2.75) is 31.9 Å². The molecular weight excluding hydrogens is 356 g/mol. The molecule has 2 fully saturated rings. The summed E-state index contributed by atoms with van der Waals surface area (Å²) in [6, 6.07) is 6.95. The highest BCUT2D eigenvalue weighted by Gasteiger charge is 2.18. The Bertz CT molecular complexity index is 933. The number of hydrogen-bond donors (Lipinski definition) is 0. The summed E-state index contributed by atoms with van der Waals surface area (Å²) in [6.07, 6.45) is 5.79. The Labute approximate surface area is 164 Å². The Morgan fingerprint density at radius 1 is 1.32 bits per heavy atom. The first kappa shape index (κ1) is 18.7. The molecule has 28 heavy (non-hydrogen) atoms. The molecule has 0 aromatic carbocycles. The lowest BCUT2D eigenvalue weighted by Crippen LogP contribution is -2.33. The van der Waals surface area contributed by atoms with Crippen LogP contribution in [0.4, 0.5) is 0 Å². The fourth-order valence-corrected chi connectivity index (χ4v) is 3.01. The van der Waals surface area contributed by atoms with Crippen LogP contribution in [0.3, 0.4) is 0 Å².